The van der Waals surface area contributed by atoms with Gasteiger partial charge in [-0.1, -0.05) is 44.2 Å². The number of aliphatic imine (C=N–C) groups is 1. The van der Waals surface area contributed by atoms with Gasteiger partial charge in [0.2, 0.25) is 47.3 Å². The summed E-state index contributed by atoms with van der Waals surface area (Å²) in [5.74, 6) is -6.64. The third-order valence-electron chi connectivity index (χ3n) is 8.86. The summed E-state index contributed by atoms with van der Waals surface area (Å²) in [6, 6.07) is 1.37. The number of hydrogen-bond donors (Lipinski definition) is 10. The van der Waals surface area contributed by atoms with E-state index in [2.05, 4.69) is 31.6 Å². The molecule has 0 aromatic heterocycles. The Kier molecular flexibility index (Phi) is 18.5. The van der Waals surface area contributed by atoms with Crippen LogP contribution in [0.15, 0.2) is 35.3 Å². The number of aliphatic hydroxyl groups is 1. The molecule has 1 saturated heterocycles. The molecule has 1 aromatic carbocycles. The van der Waals surface area contributed by atoms with E-state index in [0.717, 1.165) is 0 Å². The summed E-state index contributed by atoms with van der Waals surface area (Å²) in [7, 11) is 0. The number of carbonyl (C=O) groups excluding carboxylic acids is 8. The monoisotopic (exact) mass is 773 g/mol. The number of benzene rings is 1. The minimum Gasteiger partial charge on any atom is -0.394 e. The summed E-state index contributed by atoms with van der Waals surface area (Å²) in [6.07, 6.45) is 0.778. The highest BCUT2D eigenvalue weighted by molar-refractivity contribution is 5.97. The third-order valence-corrected chi connectivity index (χ3v) is 8.86. The van der Waals surface area contributed by atoms with Gasteiger partial charge in [-0.05, 0) is 43.6 Å². The summed E-state index contributed by atoms with van der Waals surface area (Å²) in [6.45, 7) is 4.11. The molecule has 1 aliphatic rings. The number of hydrogen-bond acceptors (Lipinski definition) is 10. The fourth-order valence-electron chi connectivity index (χ4n) is 5.88. The Balaban J connectivity index is 2.29. The van der Waals surface area contributed by atoms with Crippen molar-refractivity contribution in [3.63, 3.8) is 0 Å². The van der Waals surface area contributed by atoms with Crippen LogP contribution in [0, 0.1) is 5.92 Å². The molecular formula is C35H55N11O9. The molecule has 0 aliphatic carbocycles. The zero-order valence-corrected chi connectivity index (χ0v) is 31.4. The predicted octanol–water partition coefficient (Wildman–Crippen LogP) is -3.88. The van der Waals surface area contributed by atoms with Gasteiger partial charge in [-0.3, -0.25) is 43.3 Å². The SMILES string of the molecule is CC(=O)N1CCC[C@H]1C(=O)N[C@@H](Cc1ccccc1)C(=O)N[C@@H](CCCN=C(N)N)C(=O)N[C@@H](CO)C(=O)N[C@H](C(=O)N[C@@H](CCC(N)=O)C(N)=O)C(C)C. The normalized spacial score (nSPS) is 16.4. The Labute approximate surface area is 319 Å². The maximum absolute atomic E-state index is 13.9. The maximum atomic E-state index is 13.9. The number of nitrogens with two attached hydrogens (primary N) is 4. The molecule has 20 heteroatoms. The van der Waals surface area contributed by atoms with Crippen molar-refractivity contribution in [3.05, 3.63) is 35.9 Å². The van der Waals surface area contributed by atoms with E-state index in [1.54, 1.807) is 44.2 Å². The molecule has 6 atom stereocenters. The van der Waals surface area contributed by atoms with Crippen LogP contribution in [0.5, 0.6) is 0 Å². The second kappa shape index (κ2) is 22.4. The highest BCUT2D eigenvalue weighted by atomic mass is 16.3. The van der Waals surface area contributed by atoms with Crippen LogP contribution in [-0.2, 0) is 44.8 Å². The van der Waals surface area contributed by atoms with Gasteiger partial charge in [-0.15, -0.1) is 0 Å². The number of guanidine groups is 1. The summed E-state index contributed by atoms with van der Waals surface area (Å²) >= 11 is 0. The second-order valence-electron chi connectivity index (χ2n) is 13.6. The fourth-order valence-corrected chi connectivity index (χ4v) is 5.88. The largest absolute Gasteiger partial charge is 0.394 e. The molecule has 0 spiro atoms. The summed E-state index contributed by atoms with van der Waals surface area (Å²) in [5, 5.41) is 22.8. The van der Waals surface area contributed by atoms with Crippen molar-refractivity contribution in [3.8, 4) is 0 Å². The second-order valence-corrected chi connectivity index (χ2v) is 13.6. The molecule has 0 saturated carbocycles. The average molecular weight is 774 g/mol. The first-order valence-electron chi connectivity index (χ1n) is 18.0. The number of aliphatic hydroxyl groups excluding tert-OH is 1. The van der Waals surface area contributed by atoms with Gasteiger partial charge < -0.3 is 59.5 Å². The van der Waals surface area contributed by atoms with E-state index in [-0.39, 0.29) is 50.5 Å². The molecule has 14 N–H and O–H groups in total. The molecule has 55 heavy (non-hydrogen) atoms. The number of carbonyl (C=O) groups is 8. The van der Waals surface area contributed by atoms with Gasteiger partial charge in [0.15, 0.2) is 5.96 Å². The van der Waals surface area contributed by atoms with E-state index in [9.17, 15) is 43.5 Å². The Morgan fingerprint density at radius 1 is 0.800 bits per heavy atom. The first-order chi connectivity index (χ1) is 25.9. The van der Waals surface area contributed by atoms with Crippen LogP contribution < -0.4 is 49.5 Å². The van der Waals surface area contributed by atoms with E-state index in [4.69, 9.17) is 22.9 Å². The summed E-state index contributed by atoms with van der Waals surface area (Å²) in [4.78, 5) is 108. The van der Waals surface area contributed by atoms with Gasteiger partial charge in [0.1, 0.15) is 36.3 Å². The quantitative estimate of drug-likeness (QED) is 0.0309. The molecule has 8 amide bonds. The van der Waals surface area contributed by atoms with Crippen molar-refractivity contribution in [2.45, 2.75) is 102 Å². The van der Waals surface area contributed by atoms with Crippen molar-refractivity contribution in [2.75, 3.05) is 19.7 Å². The number of likely N-dealkylation sites (tertiary alicyclic amines) is 1. The van der Waals surface area contributed by atoms with Crippen LogP contribution in [0.2, 0.25) is 0 Å². The molecule has 1 heterocycles. The van der Waals surface area contributed by atoms with Gasteiger partial charge >= 0.3 is 0 Å². The molecule has 20 nitrogen and oxygen atoms in total. The van der Waals surface area contributed by atoms with Crippen LogP contribution in [0.3, 0.4) is 0 Å². The van der Waals surface area contributed by atoms with Crippen molar-refractivity contribution in [1.29, 1.82) is 0 Å². The molecule has 1 aromatic rings. The van der Waals surface area contributed by atoms with E-state index < -0.39 is 90.1 Å². The molecule has 1 aliphatic heterocycles. The molecule has 0 bridgehead atoms. The third kappa shape index (κ3) is 15.2. The first kappa shape index (κ1) is 45.4. The zero-order chi connectivity index (χ0) is 41.2. The van der Waals surface area contributed by atoms with Crippen molar-refractivity contribution in [1.82, 2.24) is 31.5 Å². The highest BCUT2D eigenvalue weighted by Crippen LogP contribution is 2.18. The number of primary amides is 2. The lowest BCUT2D eigenvalue weighted by Crippen LogP contribution is -2.61. The highest BCUT2D eigenvalue weighted by Gasteiger charge is 2.36. The van der Waals surface area contributed by atoms with Crippen LogP contribution in [0.1, 0.15) is 64.9 Å². The minimum absolute atomic E-state index is 0.0347. The van der Waals surface area contributed by atoms with Crippen LogP contribution in [0.25, 0.3) is 0 Å². The predicted molar refractivity (Wildman–Crippen MR) is 200 cm³/mol. The fraction of sp³-hybridized carbons (Fsp3) is 0.571. The lowest BCUT2D eigenvalue weighted by Gasteiger charge is -2.28. The number of rotatable bonds is 22. The molecule has 2 rings (SSSR count). The van der Waals surface area contributed by atoms with Crippen LogP contribution >= 0.6 is 0 Å². The lowest BCUT2D eigenvalue weighted by molar-refractivity contribution is -0.138. The Bertz CT molecular complexity index is 1550. The number of nitrogens with zero attached hydrogens (tertiary/aromatic N) is 2. The van der Waals surface area contributed by atoms with Crippen molar-refractivity contribution < 1.29 is 43.5 Å². The average Bonchev–Trinajstić information content (AvgIpc) is 3.63. The van der Waals surface area contributed by atoms with Gasteiger partial charge in [0, 0.05) is 32.9 Å². The van der Waals surface area contributed by atoms with Gasteiger partial charge in [-0.2, -0.15) is 0 Å². The topological polar surface area (TPSA) is 337 Å². The number of amides is 8. The molecule has 304 valence electrons. The van der Waals surface area contributed by atoms with E-state index in [1.165, 1.54) is 11.8 Å². The van der Waals surface area contributed by atoms with Gasteiger partial charge in [0.05, 0.1) is 6.61 Å². The van der Waals surface area contributed by atoms with E-state index >= 15 is 0 Å². The summed E-state index contributed by atoms with van der Waals surface area (Å²) in [5.41, 5.74) is 22.1. The minimum atomic E-state index is -1.61. The van der Waals surface area contributed by atoms with Crippen LogP contribution in [0.4, 0.5) is 0 Å². The van der Waals surface area contributed by atoms with Crippen molar-refractivity contribution >= 4 is 53.2 Å². The van der Waals surface area contributed by atoms with E-state index in [0.29, 0.717) is 24.9 Å². The van der Waals surface area contributed by atoms with Crippen molar-refractivity contribution in [2.24, 2.45) is 33.8 Å². The maximum Gasteiger partial charge on any atom is 0.245 e. The summed E-state index contributed by atoms with van der Waals surface area (Å²) < 4.78 is 0. The zero-order valence-electron chi connectivity index (χ0n) is 31.4. The Morgan fingerprint density at radius 3 is 1.96 bits per heavy atom. The van der Waals surface area contributed by atoms with Crippen LogP contribution in [-0.4, -0.2) is 119 Å². The molecule has 1 fully saturated rings. The van der Waals surface area contributed by atoms with Gasteiger partial charge in [0.25, 0.3) is 0 Å². The molecular weight excluding hydrogens is 718 g/mol. The first-order valence-corrected chi connectivity index (χ1v) is 18.0. The smallest absolute Gasteiger partial charge is 0.245 e. The van der Waals surface area contributed by atoms with Gasteiger partial charge in [-0.25, -0.2) is 0 Å². The standard InChI is InChI=1S/C35H55N11O9/c1-19(2)28(34(55)41-22(29(37)50)13-14-27(36)49)45-32(53)25(18-47)44-30(51)23(11-7-15-40-35(38)39)42-31(52)24(17-21-9-5-4-6-10-21)43-33(54)26-12-8-16-46(26)20(3)48/h4-6,9-10,19,22-26,28,47H,7-8,11-18H2,1-3H3,(H2,36,49)(H2,37,50)(H,41,55)(H,42,52)(H,43,54)(H,44,51)(H,45,53)(H4,38,39,40)/t22-,23-,24-,25-,26-,28-/m0/s1. The lowest BCUT2D eigenvalue weighted by atomic mass is 10.0. The Morgan fingerprint density at radius 2 is 1.40 bits per heavy atom. The Hall–Kier alpha value is -5.79. The molecule has 0 radical (unpaired) electrons. The van der Waals surface area contributed by atoms with E-state index in [1.807, 2.05) is 0 Å². The number of nitrogens with one attached hydrogen (secondary N) is 5. The molecule has 0 unspecified atom stereocenters.